The second-order valence-electron chi connectivity index (χ2n) is 3.35. The van der Waals surface area contributed by atoms with Gasteiger partial charge in [0, 0.05) is 18.1 Å². The van der Waals surface area contributed by atoms with Crippen LogP contribution in [0.1, 0.15) is 18.4 Å². The van der Waals surface area contributed by atoms with Crippen LogP contribution in [0.5, 0.6) is 0 Å². The van der Waals surface area contributed by atoms with Crippen molar-refractivity contribution in [3.63, 3.8) is 0 Å². The van der Waals surface area contributed by atoms with E-state index >= 15 is 0 Å². The van der Waals surface area contributed by atoms with Crippen LogP contribution in [-0.4, -0.2) is 12.5 Å². The molecule has 5 heteroatoms. The van der Waals surface area contributed by atoms with Crippen molar-refractivity contribution in [2.75, 3.05) is 6.61 Å². The molecule has 0 fully saturated rings. The van der Waals surface area contributed by atoms with E-state index in [1.807, 2.05) is 24.3 Å². The minimum Gasteiger partial charge on any atom is -0.377 e. The Morgan fingerprint density at radius 2 is 2.06 bits per heavy atom. The Morgan fingerprint density at radius 3 is 2.69 bits per heavy atom. The highest BCUT2D eigenvalue weighted by molar-refractivity contribution is 6.30. The first-order valence-corrected chi connectivity index (χ1v) is 5.42. The number of hydrazine groups is 1. The molecular weight excluding hydrogens is 228 g/mol. The summed E-state index contributed by atoms with van der Waals surface area (Å²) >= 11 is 5.75. The lowest BCUT2D eigenvalue weighted by Crippen LogP contribution is -2.29. The fourth-order valence-corrected chi connectivity index (χ4v) is 1.30. The summed E-state index contributed by atoms with van der Waals surface area (Å²) in [6.07, 6.45) is 1.05. The molecular formula is C11H15ClN2O2. The average Bonchev–Trinajstić information content (AvgIpc) is 2.31. The molecule has 88 valence electrons. The molecule has 0 spiro atoms. The first-order valence-electron chi connectivity index (χ1n) is 5.04. The highest BCUT2D eigenvalue weighted by Gasteiger charge is 1.98. The second-order valence-corrected chi connectivity index (χ2v) is 3.79. The average molecular weight is 243 g/mol. The van der Waals surface area contributed by atoms with Crippen LogP contribution < -0.4 is 11.3 Å². The Morgan fingerprint density at radius 1 is 1.38 bits per heavy atom. The molecule has 1 amide bonds. The first kappa shape index (κ1) is 13.0. The molecule has 0 bridgehead atoms. The zero-order valence-corrected chi connectivity index (χ0v) is 9.67. The van der Waals surface area contributed by atoms with Crippen LogP contribution in [0.25, 0.3) is 0 Å². The summed E-state index contributed by atoms with van der Waals surface area (Å²) in [4.78, 5) is 10.8. The number of halogens is 1. The quantitative estimate of drug-likeness (QED) is 0.345. The molecule has 1 aromatic carbocycles. The Bertz CT molecular complexity index is 327. The van der Waals surface area contributed by atoms with Gasteiger partial charge in [-0.3, -0.25) is 10.2 Å². The highest BCUT2D eigenvalue weighted by Crippen LogP contribution is 2.10. The third-order valence-corrected chi connectivity index (χ3v) is 2.29. The maximum absolute atomic E-state index is 10.8. The van der Waals surface area contributed by atoms with Gasteiger partial charge in [-0.15, -0.1) is 0 Å². The molecule has 0 aliphatic rings. The van der Waals surface area contributed by atoms with Crippen molar-refractivity contribution in [3.05, 3.63) is 34.9 Å². The zero-order chi connectivity index (χ0) is 11.8. The number of hydrogen-bond acceptors (Lipinski definition) is 3. The lowest BCUT2D eigenvalue weighted by atomic mass is 10.2. The van der Waals surface area contributed by atoms with Crippen molar-refractivity contribution in [2.24, 2.45) is 5.84 Å². The standard InChI is InChI=1S/C11H15ClN2O2/c12-10-5-3-9(4-6-10)8-16-7-1-2-11(15)14-13/h3-6H,1-2,7-8,13H2,(H,14,15). The van der Waals surface area contributed by atoms with Gasteiger partial charge in [0.15, 0.2) is 0 Å². The summed E-state index contributed by atoms with van der Waals surface area (Å²) in [5.41, 5.74) is 3.13. The number of hydrogen-bond donors (Lipinski definition) is 2. The first-order chi connectivity index (χ1) is 7.72. The molecule has 1 aromatic rings. The fraction of sp³-hybridized carbons (Fsp3) is 0.364. The smallest absolute Gasteiger partial charge is 0.233 e. The van der Waals surface area contributed by atoms with Gasteiger partial charge in [-0.1, -0.05) is 23.7 Å². The number of amides is 1. The second kappa shape index (κ2) is 7.22. The molecule has 0 aliphatic heterocycles. The number of nitrogens with one attached hydrogen (secondary N) is 1. The summed E-state index contributed by atoms with van der Waals surface area (Å²) in [5, 5.41) is 0.711. The van der Waals surface area contributed by atoms with Crippen LogP contribution in [0.3, 0.4) is 0 Å². The third-order valence-electron chi connectivity index (χ3n) is 2.04. The van der Waals surface area contributed by atoms with Gasteiger partial charge in [-0.2, -0.15) is 0 Å². The normalized spacial score (nSPS) is 10.1. The molecule has 0 saturated heterocycles. The van der Waals surface area contributed by atoms with E-state index in [2.05, 4.69) is 5.43 Å². The summed E-state index contributed by atoms with van der Waals surface area (Å²) in [5.74, 6) is 4.77. The molecule has 0 heterocycles. The molecule has 16 heavy (non-hydrogen) atoms. The van der Waals surface area contributed by atoms with Gasteiger partial charge >= 0.3 is 0 Å². The fourth-order valence-electron chi connectivity index (χ4n) is 1.18. The monoisotopic (exact) mass is 242 g/mol. The van der Waals surface area contributed by atoms with Crippen molar-refractivity contribution in [2.45, 2.75) is 19.4 Å². The molecule has 1 rings (SSSR count). The van der Waals surface area contributed by atoms with Crippen LogP contribution in [0.4, 0.5) is 0 Å². The van der Waals surface area contributed by atoms with Crippen LogP contribution >= 0.6 is 11.6 Å². The van der Waals surface area contributed by atoms with E-state index in [1.54, 1.807) is 0 Å². The molecule has 0 unspecified atom stereocenters. The highest BCUT2D eigenvalue weighted by atomic mass is 35.5. The van der Waals surface area contributed by atoms with E-state index in [0.29, 0.717) is 31.1 Å². The Kier molecular flexibility index (Phi) is 5.85. The van der Waals surface area contributed by atoms with Gasteiger partial charge in [0.2, 0.25) is 5.91 Å². The van der Waals surface area contributed by atoms with Crippen LogP contribution in [-0.2, 0) is 16.1 Å². The minimum absolute atomic E-state index is 0.171. The predicted molar refractivity (Wildman–Crippen MR) is 62.7 cm³/mol. The van der Waals surface area contributed by atoms with Gasteiger partial charge in [0.05, 0.1) is 6.61 Å². The van der Waals surface area contributed by atoms with Crippen LogP contribution in [0, 0.1) is 0 Å². The van der Waals surface area contributed by atoms with Crippen LogP contribution in [0.2, 0.25) is 5.02 Å². The van der Waals surface area contributed by atoms with Crippen LogP contribution in [0.15, 0.2) is 24.3 Å². The van der Waals surface area contributed by atoms with Gasteiger partial charge in [-0.25, -0.2) is 5.84 Å². The lowest BCUT2D eigenvalue weighted by Gasteiger charge is -2.04. The van der Waals surface area contributed by atoms with E-state index in [9.17, 15) is 4.79 Å². The largest absolute Gasteiger partial charge is 0.377 e. The van der Waals surface area contributed by atoms with E-state index in [4.69, 9.17) is 22.2 Å². The third kappa shape index (κ3) is 5.11. The van der Waals surface area contributed by atoms with Gasteiger partial charge in [0.1, 0.15) is 0 Å². The van der Waals surface area contributed by atoms with E-state index in [-0.39, 0.29) is 5.91 Å². The van der Waals surface area contributed by atoms with Crippen molar-refractivity contribution >= 4 is 17.5 Å². The predicted octanol–water partition coefficient (Wildman–Crippen LogP) is 1.63. The van der Waals surface area contributed by atoms with E-state index in [0.717, 1.165) is 5.56 Å². The number of carbonyl (C=O) groups is 1. The maximum Gasteiger partial charge on any atom is 0.233 e. The van der Waals surface area contributed by atoms with Crippen molar-refractivity contribution in [1.82, 2.24) is 5.43 Å². The topological polar surface area (TPSA) is 64.3 Å². The molecule has 0 radical (unpaired) electrons. The summed E-state index contributed by atoms with van der Waals surface area (Å²) in [6.45, 7) is 1.07. The molecule has 3 N–H and O–H groups in total. The Labute approximate surface area is 99.7 Å². The van der Waals surface area contributed by atoms with Gasteiger partial charge < -0.3 is 4.74 Å². The summed E-state index contributed by atoms with van der Waals surface area (Å²) < 4.78 is 5.39. The van der Waals surface area contributed by atoms with Crippen molar-refractivity contribution in [1.29, 1.82) is 0 Å². The van der Waals surface area contributed by atoms with Crippen molar-refractivity contribution in [3.8, 4) is 0 Å². The number of carbonyl (C=O) groups excluding carboxylic acids is 1. The number of benzene rings is 1. The lowest BCUT2D eigenvalue weighted by molar-refractivity contribution is -0.121. The molecule has 0 atom stereocenters. The van der Waals surface area contributed by atoms with Gasteiger partial charge in [0.25, 0.3) is 0 Å². The molecule has 4 nitrogen and oxygen atoms in total. The minimum atomic E-state index is -0.171. The Hall–Kier alpha value is -1.10. The number of ether oxygens (including phenoxy) is 1. The number of nitrogens with two attached hydrogens (primary N) is 1. The summed E-state index contributed by atoms with van der Waals surface area (Å²) in [7, 11) is 0. The molecule has 0 aromatic heterocycles. The molecule has 0 saturated carbocycles. The SMILES string of the molecule is NNC(=O)CCCOCc1ccc(Cl)cc1. The number of rotatable bonds is 6. The van der Waals surface area contributed by atoms with Gasteiger partial charge in [-0.05, 0) is 24.1 Å². The van der Waals surface area contributed by atoms with E-state index in [1.165, 1.54) is 0 Å². The van der Waals surface area contributed by atoms with E-state index < -0.39 is 0 Å². The molecule has 0 aliphatic carbocycles. The summed E-state index contributed by atoms with van der Waals surface area (Å²) in [6, 6.07) is 7.47. The Balaban J connectivity index is 2.11. The maximum atomic E-state index is 10.8. The van der Waals surface area contributed by atoms with Crippen molar-refractivity contribution < 1.29 is 9.53 Å². The zero-order valence-electron chi connectivity index (χ0n) is 8.91.